The molecule has 4 heterocycles. The van der Waals surface area contributed by atoms with Crippen LogP contribution >= 0.6 is 0 Å². The summed E-state index contributed by atoms with van der Waals surface area (Å²) in [5, 5.41) is 3.49. The van der Waals surface area contributed by atoms with Crippen molar-refractivity contribution in [3.05, 3.63) is 23.9 Å². The van der Waals surface area contributed by atoms with E-state index in [1.54, 1.807) is 0 Å². The zero-order valence-corrected chi connectivity index (χ0v) is 18.6. The van der Waals surface area contributed by atoms with Crippen LogP contribution in [0.4, 0.5) is 5.82 Å². The van der Waals surface area contributed by atoms with Crippen molar-refractivity contribution in [2.75, 3.05) is 63.9 Å². The molecule has 1 aromatic rings. The van der Waals surface area contributed by atoms with Gasteiger partial charge in [0.1, 0.15) is 5.82 Å². The SMILES string of the molecule is CCNC(=NCc1ccc(N2CCCCCC2)nc1)N1CCC(N2CCOCC2)C1. The summed E-state index contributed by atoms with van der Waals surface area (Å²) in [6, 6.07) is 4.99. The quantitative estimate of drug-likeness (QED) is 0.590. The highest BCUT2D eigenvalue weighted by molar-refractivity contribution is 5.80. The third-order valence-corrected chi connectivity index (χ3v) is 6.51. The minimum absolute atomic E-state index is 0.618. The molecule has 1 unspecified atom stereocenters. The van der Waals surface area contributed by atoms with Crippen molar-refractivity contribution < 1.29 is 4.74 Å². The summed E-state index contributed by atoms with van der Waals surface area (Å²) in [6.45, 7) is 11.9. The Morgan fingerprint density at radius 1 is 1.10 bits per heavy atom. The summed E-state index contributed by atoms with van der Waals surface area (Å²) in [5.74, 6) is 2.15. The smallest absolute Gasteiger partial charge is 0.194 e. The molecule has 7 heteroatoms. The number of anilines is 1. The number of morpholine rings is 1. The fourth-order valence-electron chi connectivity index (χ4n) is 4.76. The lowest BCUT2D eigenvalue weighted by atomic mass is 10.2. The molecule has 1 N–H and O–H groups in total. The van der Waals surface area contributed by atoms with E-state index in [4.69, 9.17) is 14.7 Å². The van der Waals surface area contributed by atoms with Gasteiger partial charge < -0.3 is 19.9 Å². The van der Waals surface area contributed by atoms with Gasteiger partial charge in [0.25, 0.3) is 0 Å². The summed E-state index contributed by atoms with van der Waals surface area (Å²) < 4.78 is 5.51. The first-order chi connectivity index (χ1) is 14.8. The van der Waals surface area contributed by atoms with Crippen molar-refractivity contribution in [2.24, 2.45) is 4.99 Å². The number of aromatic nitrogens is 1. The normalized spacial score (nSPS) is 24.2. The fourth-order valence-corrected chi connectivity index (χ4v) is 4.76. The number of hydrogen-bond donors (Lipinski definition) is 1. The number of nitrogens with zero attached hydrogens (tertiary/aromatic N) is 5. The average Bonchev–Trinajstić information content (AvgIpc) is 3.13. The van der Waals surface area contributed by atoms with Crippen LogP contribution in [0.1, 0.15) is 44.6 Å². The number of rotatable bonds is 5. The second-order valence-corrected chi connectivity index (χ2v) is 8.63. The maximum Gasteiger partial charge on any atom is 0.194 e. The van der Waals surface area contributed by atoms with E-state index >= 15 is 0 Å². The number of pyridine rings is 1. The summed E-state index contributed by atoms with van der Waals surface area (Å²) in [4.78, 5) is 17.1. The maximum absolute atomic E-state index is 5.51. The van der Waals surface area contributed by atoms with Gasteiger partial charge >= 0.3 is 0 Å². The molecular weight excluding hydrogens is 376 g/mol. The molecule has 0 radical (unpaired) electrons. The van der Waals surface area contributed by atoms with Crippen LogP contribution in [-0.2, 0) is 11.3 Å². The van der Waals surface area contributed by atoms with E-state index < -0.39 is 0 Å². The highest BCUT2D eigenvalue weighted by Crippen LogP contribution is 2.19. The Morgan fingerprint density at radius 3 is 2.60 bits per heavy atom. The number of aliphatic imine (C=N–C) groups is 1. The molecule has 0 aliphatic carbocycles. The summed E-state index contributed by atoms with van der Waals surface area (Å²) >= 11 is 0. The highest BCUT2D eigenvalue weighted by Gasteiger charge is 2.30. The first-order valence-electron chi connectivity index (χ1n) is 11.9. The van der Waals surface area contributed by atoms with Gasteiger partial charge in [-0.1, -0.05) is 18.9 Å². The monoisotopic (exact) mass is 414 g/mol. The predicted octanol–water partition coefficient (Wildman–Crippen LogP) is 2.33. The molecule has 4 rings (SSSR count). The van der Waals surface area contributed by atoms with Gasteiger partial charge in [-0.25, -0.2) is 9.98 Å². The van der Waals surface area contributed by atoms with Crippen molar-refractivity contribution in [3.8, 4) is 0 Å². The van der Waals surface area contributed by atoms with E-state index in [1.165, 1.54) is 37.7 Å². The molecular formula is C23H38N6O. The Hall–Kier alpha value is -1.86. The van der Waals surface area contributed by atoms with Crippen molar-refractivity contribution >= 4 is 11.8 Å². The molecule has 3 aliphatic rings. The van der Waals surface area contributed by atoms with E-state index in [-0.39, 0.29) is 0 Å². The van der Waals surface area contributed by atoms with Crippen LogP contribution in [0.5, 0.6) is 0 Å². The summed E-state index contributed by atoms with van der Waals surface area (Å²) in [7, 11) is 0. The van der Waals surface area contributed by atoms with Crippen molar-refractivity contribution in [1.29, 1.82) is 0 Å². The minimum Gasteiger partial charge on any atom is -0.379 e. The Kier molecular flexibility index (Phi) is 7.81. The molecule has 3 aliphatic heterocycles. The minimum atomic E-state index is 0.618. The van der Waals surface area contributed by atoms with Crippen LogP contribution in [0, 0.1) is 0 Å². The van der Waals surface area contributed by atoms with Crippen LogP contribution in [0.2, 0.25) is 0 Å². The topological polar surface area (TPSA) is 56.2 Å². The number of guanidine groups is 1. The number of hydrogen-bond acceptors (Lipinski definition) is 5. The van der Waals surface area contributed by atoms with E-state index in [9.17, 15) is 0 Å². The van der Waals surface area contributed by atoms with Crippen LogP contribution < -0.4 is 10.2 Å². The standard InChI is InChI=1S/C23H38N6O/c1-2-24-23(29-12-9-21(19-29)27-13-15-30-16-14-27)26-18-20-7-8-22(25-17-20)28-10-5-3-4-6-11-28/h7-8,17,21H,2-6,9-16,18-19H2,1H3,(H,24,26). The molecule has 0 saturated carbocycles. The van der Waals surface area contributed by atoms with Crippen molar-refractivity contribution in [3.63, 3.8) is 0 Å². The molecule has 3 saturated heterocycles. The largest absolute Gasteiger partial charge is 0.379 e. The lowest BCUT2D eigenvalue weighted by molar-refractivity contribution is 0.0195. The first kappa shape index (κ1) is 21.4. The zero-order valence-electron chi connectivity index (χ0n) is 18.6. The van der Waals surface area contributed by atoms with Crippen molar-refractivity contribution in [1.82, 2.24) is 20.1 Å². The third-order valence-electron chi connectivity index (χ3n) is 6.51. The van der Waals surface area contributed by atoms with E-state index in [2.05, 4.69) is 39.1 Å². The maximum atomic E-state index is 5.51. The molecule has 0 aromatic carbocycles. The molecule has 1 atom stereocenters. The molecule has 0 bridgehead atoms. The highest BCUT2D eigenvalue weighted by atomic mass is 16.5. The van der Waals surface area contributed by atoms with Gasteiger partial charge in [0.15, 0.2) is 5.96 Å². The van der Waals surface area contributed by atoms with Gasteiger partial charge in [0, 0.05) is 58.1 Å². The number of nitrogens with one attached hydrogen (secondary N) is 1. The second-order valence-electron chi connectivity index (χ2n) is 8.63. The van der Waals surface area contributed by atoms with Gasteiger partial charge in [-0.3, -0.25) is 4.90 Å². The third kappa shape index (κ3) is 5.64. The van der Waals surface area contributed by atoms with Gasteiger partial charge in [-0.15, -0.1) is 0 Å². The molecule has 166 valence electrons. The lowest BCUT2D eigenvalue weighted by Crippen LogP contribution is -2.46. The summed E-state index contributed by atoms with van der Waals surface area (Å²) in [6.07, 6.45) is 8.46. The Labute approximate surface area is 181 Å². The van der Waals surface area contributed by atoms with Crippen LogP contribution in [0.15, 0.2) is 23.3 Å². The number of likely N-dealkylation sites (tertiary alicyclic amines) is 1. The summed E-state index contributed by atoms with van der Waals surface area (Å²) in [5.41, 5.74) is 1.17. The Bertz CT molecular complexity index is 665. The first-order valence-corrected chi connectivity index (χ1v) is 11.9. The van der Waals surface area contributed by atoms with E-state index in [0.717, 1.165) is 70.8 Å². The fraction of sp³-hybridized carbons (Fsp3) is 0.739. The molecule has 0 amide bonds. The molecule has 0 spiro atoms. The molecule has 1 aromatic heterocycles. The van der Waals surface area contributed by atoms with Crippen LogP contribution in [0.3, 0.4) is 0 Å². The average molecular weight is 415 g/mol. The second kappa shape index (κ2) is 11.0. The lowest BCUT2D eigenvalue weighted by Gasteiger charge is -2.32. The van der Waals surface area contributed by atoms with Gasteiger partial charge in [-0.2, -0.15) is 0 Å². The van der Waals surface area contributed by atoms with Crippen LogP contribution in [0.25, 0.3) is 0 Å². The van der Waals surface area contributed by atoms with E-state index in [1.807, 2.05) is 6.20 Å². The predicted molar refractivity (Wildman–Crippen MR) is 122 cm³/mol. The number of ether oxygens (including phenoxy) is 1. The molecule has 30 heavy (non-hydrogen) atoms. The van der Waals surface area contributed by atoms with Crippen LogP contribution in [-0.4, -0.2) is 85.8 Å². The molecule has 7 nitrogen and oxygen atoms in total. The Morgan fingerprint density at radius 2 is 1.90 bits per heavy atom. The zero-order chi connectivity index (χ0) is 20.6. The van der Waals surface area contributed by atoms with Gasteiger partial charge in [0.05, 0.1) is 19.8 Å². The van der Waals surface area contributed by atoms with E-state index in [0.29, 0.717) is 12.6 Å². The molecule has 3 fully saturated rings. The van der Waals surface area contributed by atoms with Gasteiger partial charge in [0.2, 0.25) is 0 Å². The Balaban J connectivity index is 1.34. The van der Waals surface area contributed by atoms with Crippen molar-refractivity contribution in [2.45, 2.75) is 51.6 Å². The van der Waals surface area contributed by atoms with Gasteiger partial charge in [-0.05, 0) is 37.8 Å².